The predicted molar refractivity (Wildman–Crippen MR) is 69.5 cm³/mol. The van der Waals surface area contributed by atoms with Crippen LogP contribution in [0.4, 0.5) is 0 Å². The normalized spacial score (nSPS) is 53.5. The van der Waals surface area contributed by atoms with Crippen LogP contribution in [0, 0.1) is 10.8 Å². The lowest BCUT2D eigenvalue weighted by molar-refractivity contribution is -0.243. The molecule has 4 heteroatoms. The maximum absolute atomic E-state index is 12.1. The van der Waals surface area contributed by atoms with Crippen molar-refractivity contribution in [3.05, 3.63) is 11.6 Å². The summed E-state index contributed by atoms with van der Waals surface area (Å²) in [7, 11) is 0. The van der Waals surface area contributed by atoms with E-state index in [4.69, 9.17) is 4.74 Å². The number of hydrogen-bond donors (Lipinski definition) is 2. The van der Waals surface area contributed by atoms with E-state index < -0.39 is 22.5 Å². The highest BCUT2D eigenvalue weighted by molar-refractivity contribution is 5.91. The molecule has 0 aromatic heterocycles. The number of rotatable bonds is 0. The highest BCUT2D eigenvalue weighted by Gasteiger charge is 2.69. The van der Waals surface area contributed by atoms with Crippen LogP contribution in [0.1, 0.15) is 40.0 Å². The van der Waals surface area contributed by atoms with Gasteiger partial charge in [0.15, 0.2) is 11.4 Å². The Morgan fingerprint density at radius 3 is 2.79 bits per heavy atom. The second-order valence-electron chi connectivity index (χ2n) is 6.90. The van der Waals surface area contributed by atoms with Crippen molar-refractivity contribution in [3.8, 4) is 0 Å². The molecule has 2 aliphatic carbocycles. The fourth-order valence-electron chi connectivity index (χ4n) is 4.28. The Kier molecular flexibility index (Phi) is 2.58. The summed E-state index contributed by atoms with van der Waals surface area (Å²) in [6.07, 6.45) is 2.91. The molecular weight excluding hydrogens is 244 g/mol. The standard InChI is InChI=1S/C15H22O4/c1-9-6-12-13(2,7-10(9)16)14(3)5-4-11(17)15(14,18)8-19-12/h6,10,12,16,18H,4-5,7-8H2,1-3H3/t10-,12-,13-,14+,15+/m0/s1. The molecule has 1 saturated carbocycles. The van der Waals surface area contributed by atoms with Crippen LogP contribution < -0.4 is 0 Å². The van der Waals surface area contributed by atoms with Gasteiger partial charge in [-0.2, -0.15) is 0 Å². The van der Waals surface area contributed by atoms with Gasteiger partial charge in [0.05, 0.1) is 18.8 Å². The third kappa shape index (κ3) is 1.37. The third-order valence-corrected chi connectivity index (χ3v) is 6.14. The summed E-state index contributed by atoms with van der Waals surface area (Å²) >= 11 is 0. The van der Waals surface area contributed by atoms with Crippen LogP contribution in [0.2, 0.25) is 0 Å². The molecule has 1 heterocycles. The molecule has 0 aromatic rings. The topological polar surface area (TPSA) is 66.8 Å². The number of Topliss-reactive ketones (excluding diaryl/α,β-unsaturated/α-hetero) is 1. The molecule has 0 spiro atoms. The summed E-state index contributed by atoms with van der Waals surface area (Å²) in [6, 6.07) is 0. The van der Waals surface area contributed by atoms with Crippen molar-refractivity contribution in [2.24, 2.45) is 10.8 Å². The number of ketones is 1. The van der Waals surface area contributed by atoms with Crippen molar-refractivity contribution in [2.45, 2.75) is 57.8 Å². The van der Waals surface area contributed by atoms with Crippen LogP contribution in [-0.2, 0) is 9.53 Å². The Labute approximate surface area is 113 Å². The minimum absolute atomic E-state index is 0.0719. The molecule has 106 valence electrons. The largest absolute Gasteiger partial charge is 0.389 e. The number of ether oxygens (including phenoxy) is 1. The van der Waals surface area contributed by atoms with E-state index in [1.807, 2.05) is 26.8 Å². The molecule has 1 saturated heterocycles. The van der Waals surface area contributed by atoms with Gasteiger partial charge < -0.3 is 14.9 Å². The van der Waals surface area contributed by atoms with Gasteiger partial charge in [-0.3, -0.25) is 4.79 Å². The van der Waals surface area contributed by atoms with E-state index >= 15 is 0 Å². The first kappa shape index (κ1) is 13.3. The van der Waals surface area contributed by atoms with Gasteiger partial charge in [0.2, 0.25) is 0 Å². The molecule has 0 bridgehead atoms. The molecular formula is C15H22O4. The Morgan fingerprint density at radius 2 is 2.11 bits per heavy atom. The molecule has 1 aliphatic heterocycles. The van der Waals surface area contributed by atoms with E-state index in [1.165, 1.54) is 0 Å². The highest BCUT2D eigenvalue weighted by atomic mass is 16.5. The maximum atomic E-state index is 12.1. The number of hydrogen-bond acceptors (Lipinski definition) is 4. The lowest BCUT2D eigenvalue weighted by Crippen LogP contribution is -2.67. The van der Waals surface area contributed by atoms with Gasteiger partial charge in [0.1, 0.15) is 0 Å². The summed E-state index contributed by atoms with van der Waals surface area (Å²) in [5.41, 5.74) is -1.42. The van der Waals surface area contributed by atoms with Crippen LogP contribution in [-0.4, -0.2) is 40.4 Å². The van der Waals surface area contributed by atoms with E-state index in [9.17, 15) is 15.0 Å². The highest BCUT2D eigenvalue weighted by Crippen LogP contribution is 2.63. The van der Waals surface area contributed by atoms with E-state index in [1.54, 1.807) is 0 Å². The molecule has 2 fully saturated rings. The SMILES string of the molecule is CC1=C[C@@H]2OC[C@@]3(O)C(=O)CC[C@]3(C)[C@@]2(C)C[C@@H]1O. The maximum Gasteiger partial charge on any atom is 0.167 e. The number of fused-ring (bicyclic) bond motifs is 3. The Balaban J connectivity index is 2.11. The number of aliphatic hydroxyl groups excluding tert-OH is 1. The minimum atomic E-state index is -1.39. The molecule has 0 amide bonds. The van der Waals surface area contributed by atoms with E-state index in [0.29, 0.717) is 19.3 Å². The van der Waals surface area contributed by atoms with E-state index in [-0.39, 0.29) is 18.5 Å². The third-order valence-electron chi connectivity index (χ3n) is 6.14. The minimum Gasteiger partial charge on any atom is -0.389 e. The monoisotopic (exact) mass is 266 g/mol. The van der Waals surface area contributed by atoms with Crippen molar-refractivity contribution < 1.29 is 19.7 Å². The molecule has 4 nitrogen and oxygen atoms in total. The fraction of sp³-hybridized carbons (Fsp3) is 0.800. The number of carbonyl (C=O) groups is 1. The van der Waals surface area contributed by atoms with Crippen LogP contribution in [0.3, 0.4) is 0 Å². The van der Waals surface area contributed by atoms with Crippen LogP contribution in [0.15, 0.2) is 11.6 Å². The first-order chi connectivity index (χ1) is 8.74. The Bertz CT molecular complexity index is 471. The van der Waals surface area contributed by atoms with Gasteiger partial charge in [-0.15, -0.1) is 0 Å². The van der Waals surface area contributed by atoms with Gasteiger partial charge in [-0.25, -0.2) is 0 Å². The number of aliphatic hydroxyl groups is 2. The predicted octanol–water partition coefficient (Wildman–Crippen LogP) is 1.20. The van der Waals surface area contributed by atoms with Crippen molar-refractivity contribution >= 4 is 5.78 Å². The number of carbonyl (C=O) groups excluding carboxylic acids is 1. The van der Waals surface area contributed by atoms with Crippen molar-refractivity contribution in [1.82, 2.24) is 0 Å². The van der Waals surface area contributed by atoms with E-state index in [0.717, 1.165) is 5.57 Å². The molecule has 2 N–H and O–H groups in total. The smallest absolute Gasteiger partial charge is 0.167 e. The average Bonchev–Trinajstić information content (AvgIpc) is 2.58. The second-order valence-corrected chi connectivity index (χ2v) is 6.90. The van der Waals surface area contributed by atoms with Crippen molar-refractivity contribution in [2.75, 3.05) is 6.61 Å². The zero-order valence-electron chi connectivity index (χ0n) is 11.8. The lowest BCUT2D eigenvalue weighted by Gasteiger charge is -2.59. The Hall–Kier alpha value is -0.710. The molecule has 3 aliphatic rings. The van der Waals surface area contributed by atoms with Crippen LogP contribution in [0.5, 0.6) is 0 Å². The van der Waals surface area contributed by atoms with Crippen LogP contribution >= 0.6 is 0 Å². The first-order valence-corrected chi connectivity index (χ1v) is 6.98. The van der Waals surface area contributed by atoms with Gasteiger partial charge in [-0.05, 0) is 25.3 Å². The van der Waals surface area contributed by atoms with Crippen molar-refractivity contribution in [3.63, 3.8) is 0 Å². The summed E-state index contributed by atoms with van der Waals surface area (Å²) < 4.78 is 5.80. The van der Waals surface area contributed by atoms with Crippen molar-refractivity contribution in [1.29, 1.82) is 0 Å². The molecule has 19 heavy (non-hydrogen) atoms. The zero-order valence-corrected chi connectivity index (χ0v) is 11.8. The summed E-state index contributed by atoms with van der Waals surface area (Å²) in [5.74, 6) is -0.115. The molecule has 3 rings (SSSR count). The quantitative estimate of drug-likeness (QED) is 0.647. The fourth-order valence-corrected chi connectivity index (χ4v) is 4.28. The molecule has 0 unspecified atom stereocenters. The van der Waals surface area contributed by atoms with Gasteiger partial charge in [0.25, 0.3) is 0 Å². The zero-order chi connectivity index (χ0) is 14.1. The summed E-state index contributed by atoms with van der Waals surface area (Å²) in [6.45, 7) is 5.99. The second kappa shape index (κ2) is 3.68. The first-order valence-electron chi connectivity index (χ1n) is 6.98. The molecule has 0 aromatic carbocycles. The Morgan fingerprint density at radius 1 is 1.42 bits per heavy atom. The van der Waals surface area contributed by atoms with E-state index in [2.05, 4.69) is 0 Å². The molecule has 0 radical (unpaired) electrons. The van der Waals surface area contributed by atoms with Gasteiger partial charge in [-0.1, -0.05) is 19.9 Å². The van der Waals surface area contributed by atoms with Gasteiger partial charge in [0, 0.05) is 17.3 Å². The van der Waals surface area contributed by atoms with Gasteiger partial charge >= 0.3 is 0 Å². The average molecular weight is 266 g/mol. The summed E-state index contributed by atoms with van der Waals surface area (Å²) in [5, 5.41) is 21.0. The van der Waals surface area contributed by atoms with Crippen LogP contribution in [0.25, 0.3) is 0 Å². The summed E-state index contributed by atoms with van der Waals surface area (Å²) in [4.78, 5) is 12.1. The molecule has 5 atom stereocenters. The lowest BCUT2D eigenvalue weighted by atomic mass is 9.51.